The minimum absolute atomic E-state index is 0.962. The quantitative estimate of drug-likeness (QED) is 0.471. The van der Waals surface area contributed by atoms with Crippen LogP contribution in [0.2, 0.25) is 0 Å². The second-order valence-electron chi connectivity index (χ2n) is 4.00. The van der Waals surface area contributed by atoms with E-state index in [2.05, 4.69) is 21.5 Å². The summed E-state index contributed by atoms with van der Waals surface area (Å²) in [6.07, 6.45) is 3.88. The highest BCUT2D eigenvalue weighted by atomic mass is 35.7. The van der Waals surface area contributed by atoms with Gasteiger partial charge in [-0.15, -0.1) is 10.2 Å². The van der Waals surface area contributed by atoms with Gasteiger partial charge in [-0.3, -0.25) is 0 Å². The Labute approximate surface area is 122 Å². The predicted octanol–water partition coefficient (Wildman–Crippen LogP) is -2.27. The Kier molecular flexibility index (Phi) is 4.79. The molecule has 0 atom stereocenters. The lowest BCUT2D eigenvalue weighted by Gasteiger charge is -2.17. The number of aromatic nitrogens is 2. The van der Waals surface area contributed by atoms with Gasteiger partial charge in [0.2, 0.25) is 0 Å². The fraction of sp³-hybridized carbons (Fsp3) is 0. The molecule has 21 heavy (non-hydrogen) atoms. The molecule has 0 bridgehead atoms. The second-order valence-corrected chi connectivity index (χ2v) is 4.76. The van der Waals surface area contributed by atoms with Gasteiger partial charge in [0.25, 0.3) is 0 Å². The van der Waals surface area contributed by atoms with Crippen molar-refractivity contribution in [2.75, 3.05) is 0 Å². The molecule has 108 valence electrons. The fourth-order valence-electron chi connectivity index (χ4n) is 1.85. The summed E-state index contributed by atoms with van der Waals surface area (Å²) in [6, 6.07) is 18.4. The first-order valence-electron chi connectivity index (χ1n) is 5.88. The maximum Gasteiger partial charge on any atom is 0.327 e. The van der Waals surface area contributed by atoms with E-state index in [4.69, 9.17) is 18.6 Å². The SMILES string of the molecule is [O-][Cl+3]([O-])([O-])[O-].c1ccc(-c2ccnc3cccc[n+]23)cc1. The van der Waals surface area contributed by atoms with Crippen molar-refractivity contribution >= 4 is 5.65 Å². The van der Waals surface area contributed by atoms with Gasteiger partial charge in [0.05, 0.1) is 6.20 Å². The molecule has 0 saturated heterocycles. The van der Waals surface area contributed by atoms with Gasteiger partial charge in [-0.1, -0.05) is 36.4 Å². The number of fused-ring (bicyclic) bond motifs is 1. The van der Waals surface area contributed by atoms with Crippen molar-refractivity contribution in [1.29, 1.82) is 0 Å². The molecule has 0 radical (unpaired) electrons. The molecule has 7 heteroatoms. The minimum Gasteiger partial charge on any atom is -0.222 e. The first-order chi connectivity index (χ1) is 9.95. The Morgan fingerprint density at radius 2 is 1.43 bits per heavy atom. The maximum atomic E-state index is 8.49. The van der Waals surface area contributed by atoms with E-state index < -0.39 is 10.2 Å². The van der Waals surface area contributed by atoms with Gasteiger partial charge in [0, 0.05) is 17.7 Å². The van der Waals surface area contributed by atoms with E-state index in [1.165, 1.54) is 5.56 Å². The molecule has 2 heterocycles. The van der Waals surface area contributed by atoms with Crippen molar-refractivity contribution in [3.05, 3.63) is 67.0 Å². The first kappa shape index (κ1) is 15.3. The van der Waals surface area contributed by atoms with E-state index in [1.807, 2.05) is 54.9 Å². The van der Waals surface area contributed by atoms with Gasteiger partial charge >= 0.3 is 5.65 Å². The van der Waals surface area contributed by atoms with E-state index >= 15 is 0 Å². The molecule has 0 aliphatic rings. The molecule has 0 amide bonds. The Bertz CT molecular complexity index is 705. The van der Waals surface area contributed by atoms with Crippen LogP contribution in [-0.2, 0) is 0 Å². The van der Waals surface area contributed by atoms with Gasteiger partial charge in [-0.2, -0.15) is 4.40 Å². The molecule has 2 aromatic heterocycles. The summed E-state index contributed by atoms with van der Waals surface area (Å²) in [7, 11) is -4.94. The summed E-state index contributed by atoms with van der Waals surface area (Å²) in [5, 5.41) is 0. The summed E-state index contributed by atoms with van der Waals surface area (Å²) in [5.41, 5.74) is 3.32. The molecule has 6 nitrogen and oxygen atoms in total. The average Bonchev–Trinajstić information content (AvgIpc) is 2.46. The number of rotatable bonds is 1. The van der Waals surface area contributed by atoms with Crippen LogP contribution in [0, 0.1) is 10.2 Å². The van der Waals surface area contributed by atoms with Crippen LogP contribution in [0.3, 0.4) is 0 Å². The lowest BCUT2D eigenvalue weighted by Crippen LogP contribution is -2.68. The number of pyridine rings is 1. The number of benzene rings is 1. The Hall–Kier alpha value is -2.09. The smallest absolute Gasteiger partial charge is 0.222 e. The molecule has 1 aromatic carbocycles. The summed E-state index contributed by atoms with van der Waals surface area (Å²) >= 11 is 0. The van der Waals surface area contributed by atoms with Gasteiger partial charge in [0.15, 0.2) is 0 Å². The van der Waals surface area contributed by atoms with Crippen molar-refractivity contribution in [2.45, 2.75) is 0 Å². The van der Waals surface area contributed by atoms with Crippen LogP contribution in [0.5, 0.6) is 0 Å². The second kappa shape index (κ2) is 6.57. The van der Waals surface area contributed by atoms with Crippen molar-refractivity contribution in [3.8, 4) is 11.3 Å². The van der Waals surface area contributed by atoms with Crippen LogP contribution in [0.15, 0.2) is 67.0 Å². The molecule has 3 aromatic rings. The van der Waals surface area contributed by atoms with Gasteiger partial charge < -0.3 is 0 Å². The largest absolute Gasteiger partial charge is 0.327 e. The number of nitrogens with zero attached hydrogens (tertiary/aromatic N) is 2. The molecule has 3 rings (SSSR count). The standard InChI is InChI=1S/C14H11N2.ClHO4/c1-2-6-12(7-3-1)13-9-10-15-14-8-4-5-11-16(13)14;2-1(3,4)5/h1-11H;(H,2,3,4,5)/q+1;/p-1. The molecular formula is C14H11ClN2O4. The summed E-state index contributed by atoms with van der Waals surface area (Å²) in [6.45, 7) is 0. The van der Waals surface area contributed by atoms with Gasteiger partial charge in [-0.25, -0.2) is 18.6 Å². The first-order valence-corrected chi connectivity index (χ1v) is 7.11. The molecule has 0 fully saturated rings. The van der Waals surface area contributed by atoms with E-state index in [9.17, 15) is 0 Å². The van der Waals surface area contributed by atoms with Gasteiger partial charge in [0.1, 0.15) is 11.9 Å². The Balaban J connectivity index is 0.000000282. The zero-order valence-corrected chi connectivity index (χ0v) is 11.5. The van der Waals surface area contributed by atoms with E-state index in [0.29, 0.717) is 0 Å². The fourth-order valence-corrected chi connectivity index (χ4v) is 1.85. The van der Waals surface area contributed by atoms with Crippen LogP contribution in [0.1, 0.15) is 0 Å². The number of hydrogen-bond acceptors (Lipinski definition) is 5. The molecule has 0 unspecified atom stereocenters. The average molecular weight is 307 g/mol. The third kappa shape index (κ3) is 4.75. The minimum atomic E-state index is -4.94. The molecular weight excluding hydrogens is 296 g/mol. The maximum absolute atomic E-state index is 8.49. The number of halogens is 1. The molecule has 0 aliphatic heterocycles. The zero-order valence-electron chi connectivity index (χ0n) is 10.8. The van der Waals surface area contributed by atoms with Gasteiger partial charge in [-0.05, 0) is 11.1 Å². The van der Waals surface area contributed by atoms with Crippen LogP contribution in [0.25, 0.3) is 16.9 Å². The van der Waals surface area contributed by atoms with E-state index in [1.54, 1.807) is 0 Å². The molecule has 0 spiro atoms. The monoisotopic (exact) mass is 306 g/mol. The highest BCUT2D eigenvalue weighted by Gasteiger charge is 2.08. The Morgan fingerprint density at radius 3 is 2.10 bits per heavy atom. The lowest BCUT2D eigenvalue weighted by atomic mass is 10.1. The van der Waals surface area contributed by atoms with Crippen LogP contribution >= 0.6 is 0 Å². The highest BCUT2D eigenvalue weighted by molar-refractivity contribution is 5.56. The Morgan fingerprint density at radius 1 is 0.810 bits per heavy atom. The van der Waals surface area contributed by atoms with Crippen molar-refractivity contribution in [2.24, 2.45) is 0 Å². The third-order valence-electron chi connectivity index (χ3n) is 2.61. The third-order valence-corrected chi connectivity index (χ3v) is 2.61. The summed E-state index contributed by atoms with van der Waals surface area (Å²) in [5.74, 6) is 0. The zero-order chi connectivity index (χ0) is 15.3. The van der Waals surface area contributed by atoms with Crippen molar-refractivity contribution in [3.63, 3.8) is 0 Å². The number of hydrogen-bond donors (Lipinski definition) is 0. The van der Waals surface area contributed by atoms with Crippen molar-refractivity contribution < 1.29 is 33.3 Å². The highest BCUT2D eigenvalue weighted by Crippen LogP contribution is 2.13. The summed E-state index contributed by atoms with van der Waals surface area (Å²) in [4.78, 5) is 4.33. The van der Waals surface area contributed by atoms with Crippen LogP contribution in [0.4, 0.5) is 0 Å². The summed E-state index contributed by atoms with van der Waals surface area (Å²) < 4.78 is 36.1. The lowest BCUT2D eigenvalue weighted by molar-refractivity contribution is -2.00. The van der Waals surface area contributed by atoms with Crippen LogP contribution < -0.4 is 23.0 Å². The van der Waals surface area contributed by atoms with Crippen molar-refractivity contribution in [1.82, 2.24) is 4.98 Å². The van der Waals surface area contributed by atoms with Crippen LogP contribution in [-0.4, -0.2) is 4.98 Å². The predicted molar refractivity (Wildman–Crippen MR) is 62.8 cm³/mol. The topological polar surface area (TPSA) is 109 Å². The molecule has 0 saturated carbocycles. The normalized spacial score (nSPS) is 10.9. The van der Waals surface area contributed by atoms with E-state index in [-0.39, 0.29) is 0 Å². The van der Waals surface area contributed by atoms with E-state index in [0.717, 1.165) is 11.3 Å². The molecule has 0 aliphatic carbocycles. The molecule has 0 N–H and O–H groups in total.